The van der Waals surface area contributed by atoms with E-state index < -0.39 is 0 Å². The largest absolute Gasteiger partial charge is 0.248 e. The lowest BCUT2D eigenvalue weighted by atomic mass is 10.1. The molecule has 0 unspecified atom stereocenters. The molecule has 26 heavy (non-hydrogen) atoms. The summed E-state index contributed by atoms with van der Waals surface area (Å²) in [6.07, 6.45) is 2.06. The molecule has 130 valence electrons. The van der Waals surface area contributed by atoms with Crippen molar-refractivity contribution >= 4 is 34.8 Å². The molecular weight excluding hydrogens is 358 g/mol. The number of nitrogens with zero attached hydrogens (tertiary/aromatic N) is 1. The van der Waals surface area contributed by atoms with Gasteiger partial charge in [0.2, 0.25) is 0 Å². The van der Waals surface area contributed by atoms with Crippen molar-refractivity contribution in [3.8, 4) is 0 Å². The fourth-order valence-corrected chi connectivity index (χ4v) is 3.42. The molecule has 0 aliphatic heterocycles. The predicted molar refractivity (Wildman–Crippen MR) is 115 cm³/mol. The van der Waals surface area contributed by atoms with E-state index >= 15 is 0 Å². The summed E-state index contributed by atoms with van der Waals surface area (Å²) in [6.45, 7) is 4.25. The van der Waals surface area contributed by atoms with Crippen molar-refractivity contribution < 1.29 is 0 Å². The summed E-state index contributed by atoms with van der Waals surface area (Å²) in [5.41, 5.74) is 5.44. The number of aliphatic imine (C=N–C) groups is 1. The normalized spacial score (nSPS) is 11.9. The van der Waals surface area contributed by atoms with Gasteiger partial charge in [-0.05, 0) is 61.2 Å². The van der Waals surface area contributed by atoms with Crippen molar-refractivity contribution in [3.63, 3.8) is 0 Å². The third-order valence-electron chi connectivity index (χ3n) is 3.90. The fraction of sp³-hybridized carbons (Fsp3) is 0.0870. The van der Waals surface area contributed by atoms with Crippen molar-refractivity contribution in [2.45, 2.75) is 18.7 Å². The van der Waals surface area contributed by atoms with Gasteiger partial charge < -0.3 is 0 Å². The molecular formula is C23H20ClNS. The van der Waals surface area contributed by atoms with Gasteiger partial charge in [0.15, 0.2) is 0 Å². The Morgan fingerprint density at radius 3 is 2.35 bits per heavy atom. The van der Waals surface area contributed by atoms with Gasteiger partial charge in [0, 0.05) is 15.5 Å². The predicted octanol–water partition coefficient (Wildman–Crippen LogP) is 7.38. The number of hydrogen-bond donors (Lipinski definition) is 0. The van der Waals surface area contributed by atoms with Gasteiger partial charge in [-0.15, -0.1) is 0 Å². The molecule has 3 aromatic carbocycles. The smallest absolute Gasteiger partial charge is 0.0714 e. The Morgan fingerprint density at radius 1 is 0.923 bits per heavy atom. The highest BCUT2D eigenvalue weighted by Crippen LogP contribution is 2.25. The van der Waals surface area contributed by atoms with E-state index in [0.717, 1.165) is 22.0 Å². The van der Waals surface area contributed by atoms with Crippen LogP contribution in [0.25, 0.3) is 0 Å². The number of thioether (sulfide) groups is 1. The number of hydrogen-bond acceptors (Lipinski definition) is 2. The van der Waals surface area contributed by atoms with E-state index in [1.54, 1.807) is 11.8 Å². The average Bonchev–Trinajstić information content (AvgIpc) is 2.64. The Bertz CT molecular complexity index is 928. The van der Waals surface area contributed by atoms with Crippen LogP contribution in [0.4, 0.5) is 5.69 Å². The van der Waals surface area contributed by atoms with E-state index in [1.807, 2.05) is 54.6 Å². The molecule has 3 heteroatoms. The van der Waals surface area contributed by atoms with E-state index in [9.17, 15) is 0 Å². The molecule has 0 fully saturated rings. The van der Waals surface area contributed by atoms with Crippen LogP contribution in [-0.2, 0) is 0 Å². The number of rotatable bonds is 5. The summed E-state index contributed by atoms with van der Waals surface area (Å²) in [5.74, 6) is 0. The van der Waals surface area contributed by atoms with E-state index in [4.69, 9.17) is 16.6 Å². The van der Waals surface area contributed by atoms with E-state index in [1.165, 1.54) is 16.0 Å². The zero-order valence-corrected chi connectivity index (χ0v) is 16.4. The maximum absolute atomic E-state index is 6.03. The van der Waals surface area contributed by atoms with Crippen molar-refractivity contribution in [1.82, 2.24) is 0 Å². The first-order chi connectivity index (χ1) is 12.6. The SMILES string of the molecule is Cc1ccc(S/C=C/C(=Nc2ccccc2)c2ccc(Cl)cc2)c(C)c1. The highest BCUT2D eigenvalue weighted by atomic mass is 35.5. The molecule has 1 nitrogen and oxygen atoms in total. The summed E-state index contributed by atoms with van der Waals surface area (Å²) in [5, 5.41) is 2.81. The molecule has 3 rings (SSSR count). The summed E-state index contributed by atoms with van der Waals surface area (Å²) < 4.78 is 0. The van der Waals surface area contributed by atoms with Crippen LogP contribution in [0.1, 0.15) is 16.7 Å². The number of aryl methyl sites for hydroxylation is 2. The average molecular weight is 378 g/mol. The van der Waals surface area contributed by atoms with E-state index in [2.05, 4.69) is 43.5 Å². The van der Waals surface area contributed by atoms with Gasteiger partial charge in [0.1, 0.15) is 0 Å². The van der Waals surface area contributed by atoms with Crippen LogP contribution in [-0.4, -0.2) is 5.71 Å². The zero-order valence-electron chi connectivity index (χ0n) is 14.8. The molecule has 0 atom stereocenters. The first kappa shape index (κ1) is 18.5. The number of para-hydroxylation sites is 1. The second-order valence-corrected chi connectivity index (χ2v) is 7.41. The van der Waals surface area contributed by atoms with Crippen LogP contribution in [0.2, 0.25) is 5.02 Å². The highest BCUT2D eigenvalue weighted by Gasteiger charge is 2.02. The molecule has 0 aliphatic carbocycles. The van der Waals surface area contributed by atoms with Crippen LogP contribution >= 0.6 is 23.4 Å². The maximum Gasteiger partial charge on any atom is 0.0714 e. The monoisotopic (exact) mass is 377 g/mol. The second-order valence-electron chi connectivity index (χ2n) is 6.03. The highest BCUT2D eigenvalue weighted by molar-refractivity contribution is 8.02. The number of halogens is 1. The first-order valence-corrected chi connectivity index (χ1v) is 9.68. The van der Waals surface area contributed by atoms with Gasteiger partial charge >= 0.3 is 0 Å². The summed E-state index contributed by atoms with van der Waals surface area (Å²) >= 11 is 7.73. The zero-order chi connectivity index (χ0) is 18.4. The topological polar surface area (TPSA) is 12.4 Å². The minimum absolute atomic E-state index is 0.724. The minimum Gasteiger partial charge on any atom is -0.248 e. The molecule has 3 aromatic rings. The van der Waals surface area contributed by atoms with Crippen LogP contribution in [0.5, 0.6) is 0 Å². The van der Waals surface area contributed by atoms with Crippen LogP contribution < -0.4 is 0 Å². The lowest BCUT2D eigenvalue weighted by Crippen LogP contribution is -1.95. The van der Waals surface area contributed by atoms with Crippen molar-refractivity contribution in [1.29, 1.82) is 0 Å². The summed E-state index contributed by atoms with van der Waals surface area (Å²) in [4.78, 5) is 6.05. The van der Waals surface area contributed by atoms with E-state index in [0.29, 0.717) is 0 Å². The van der Waals surface area contributed by atoms with Crippen molar-refractivity contribution in [2.75, 3.05) is 0 Å². The molecule has 0 N–H and O–H groups in total. The second kappa shape index (κ2) is 8.88. The van der Waals surface area contributed by atoms with Gasteiger partial charge in [-0.1, -0.05) is 71.4 Å². The Labute approximate surface area is 164 Å². The molecule has 0 spiro atoms. The molecule has 0 saturated heterocycles. The lowest BCUT2D eigenvalue weighted by Gasteiger charge is -2.05. The van der Waals surface area contributed by atoms with Gasteiger partial charge in [-0.25, -0.2) is 4.99 Å². The van der Waals surface area contributed by atoms with Crippen LogP contribution in [0, 0.1) is 13.8 Å². The Kier molecular flexibility index (Phi) is 6.32. The van der Waals surface area contributed by atoms with Gasteiger partial charge in [0.25, 0.3) is 0 Å². The molecule has 0 saturated carbocycles. The molecule has 0 amide bonds. The summed E-state index contributed by atoms with van der Waals surface area (Å²) in [6, 6.07) is 24.3. The van der Waals surface area contributed by atoms with Gasteiger partial charge in [-0.3, -0.25) is 0 Å². The number of benzene rings is 3. The lowest BCUT2D eigenvalue weighted by molar-refractivity contribution is 1.27. The Balaban J connectivity index is 1.88. The molecule has 0 radical (unpaired) electrons. The first-order valence-electron chi connectivity index (χ1n) is 8.42. The molecule has 0 aliphatic rings. The van der Waals surface area contributed by atoms with Crippen molar-refractivity contribution in [2.24, 2.45) is 4.99 Å². The Morgan fingerprint density at radius 2 is 1.65 bits per heavy atom. The standard InChI is InChI=1S/C23H20ClNS/c1-17-8-13-23(18(2)16-17)26-15-14-22(19-9-11-20(24)12-10-19)25-21-6-4-3-5-7-21/h3-16H,1-2H3/b15-14+,25-22?. The third kappa shape index (κ3) is 5.10. The van der Waals surface area contributed by atoms with Gasteiger partial charge in [0.05, 0.1) is 11.4 Å². The molecule has 0 bridgehead atoms. The minimum atomic E-state index is 0.724. The maximum atomic E-state index is 6.03. The van der Waals surface area contributed by atoms with E-state index in [-0.39, 0.29) is 0 Å². The molecule has 0 aromatic heterocycles. The van der Waals surface area contributed by atoms with Gasteiger partial charge in [-0.2, -0.15) is 0 Å². The summed E-state index contributed by atoms with van der Waals surface area (Å²) in [7, 11) is 0. The number of allylic oxidation sites excluding steroid dienone is 1. The van der Waals surface area contributed by atoms with Crippen LogP contribution in [0.3, 0.4) is 0 Å². The fourth-order valence-electron chi connectivity index (χ4n) is 2.56. The molecule has 0 heterocycles. The third-order valence-corrected chi connectivity index (χ3v) is 5.13. The quantitative estimate of drug-likeness (QED) is 0.333. The van der Waals surface area contributed by atoms with Crippen molar-refractivity contribution in [3.05, 3.63) is 106 Å². The van der Waals surface area contributed by atoms with Crippen LogP contribution in [0.15, 0.2) is 94.2 Å². The Hall–Kier alpha value is -2.29.